The molecule has 32 heavy (non-hydrogen) atoms. The lowest BCUT2D eigenvalue weighted by Crippen LogP contribution is -2.28. The van der Waals surface area contributed by atoms with Crippen LogP contribution in [0.25, 0.3) is 0 Å². The lowest BCUT2D eigenvalue weighted by molar-refractivity contribution is -0.119. The molecule has 0 bridgehead atoms. The standard InChI is InChI=1S/C20H24ClN7O3S/c1-4-15(17(29)24-16-13(10-23-27(16)3)18(30)31-5-2)28-19(22)25-26-20(28)32-11-12-8-6-7-9-14(12)21/h6-10,15H,4-5,11H2,1-3H3,(H2,22,25)(H,24,29). The molecule has 0 aliphatic rings. The van der Waals surface area contributed by atoms with Crippen LogP contribution in [0.1, 0.15) is 42.2 Å². The second-order valence-corrected chi connectivity index (χ2v) is 8.10. The lowest BCUT2D eigenvalue weighted by atomic mass is 10.2. The highest BCUT2D eigenvalue weighted by Gasteiger charge is 2.28. The van der Waals surface area contributed by atoms with Gasteiger partial charge in [-0.2, -0.15) is 5.10 Å². The summed E-state index contributed by atoms with van der Waals surface area (Å²) in [6.07, 6.45) is 1.77. The Labute approximate surface area is 194 Å². The predicted octanol–water partition coefficient (Wildman–Crippen LogP) is 3.31. The molecular formula is C20H24ClN7O3S. The SMILES string of the molecule is CCOC(=O)c1cnn(C)c1NC(=O)C(CC)n1c(N)nnc1SCc1ccccc1Cl. The molecule has 3 rings (SSSR count). The van der Waals surface area contributed by atoms with Crippen molar-refractivity contribution in [1.29, 1.82) is 0 Å². The van der Waals surface area contributed by atoms with Crippen LogP contribution in [0.5, 0.6) is 0 Å². The van der Waals surface area contributed by atoms with Gasteiger partial charge in [0.1, 0.15) is 17.4 Å². The van der Waals surface area contributed by atoms with Crippen molar-refractivity contribution >= 4 is 47.0 Å². The third-order valence-corrected chi connectivity index (χ3v) is 6.04. The number of ether oxygens (including phenoxy) is 1. The van der Waals surface area contributed by atoms with Crippen LogP contribution in [0.2, 0.25) is 5.02 Å². The van der Waals surface area contributed by atoms with Crippen LogP contribution >= 0.6 is 23.4 Å². The number of nitrogens with zero attached hydrogens (tertiary/aromatic N) is 5. The summed E-state index contributed by atoms with van der Waals surface area (Å²) in [6, 6.07) is 6.79. The second kappa shape index (κ2) is 10.5. The van der Waals surface area contributed by atoms with E-state index in [4.69, 9.17) is 22.1 Å². The summed E-state index contributed by atoms with van der Waals surface area (Å²) in [7, 11) is 1.62. The number of esters is 1. The molecule has 1 unspecified atom stereocenters. The molecule has 0 fully saturated rings. The molecule has 1 atom stereocenters. The molecule has 0 radical (unpaired) electrons. The van der Waals surface area contributed by atoms with E-state index < -0.39 is 12.0 Å². The first-order chi connectivity index (χ1) is 15.4. The summed E-state index contributed by atoms with van der Waals surface area (Å²) < 4.78 is 8.02. The molecule has 10 nitrogen and oxygen atoms in total. The van der Waals surface area contributed by atoms with E-state index in [2.05, 4.69) is 20.6 Å². The van der Waals surface area contributed by atoms with Crippen molar-refractivity contribution in [3.8, 4) is 0 Å². The van der Waals surface area contributed by atoms with Crippen molar-refractivity contribution in [3.63, 3.8) is 0 Å². The Morgan fingerprint density at radius 2 is 2.03 bits per heavy atom. The van der Waals surface area contributed by atoms with Gasteiger partial charge in [0.25, 0.3) is 0 Å². The molecule has 0 aliphatic carbocycles. The summed E-state index contributed by atoms with van der Waals surface area (Å²) in [6.45, 7) is 3.76. The quantitative estimate of drug-likeness (QED) is 0.354. The highest BCUT2D eigenvalue weighted by molar-refractivity contribution is 7.98. The molecule has 170 valence electrons. The Balaban J connectivity index is 1.83. The molecule has 2 heterocycles. The molecule has 1 aromatic carbocycles. The zero-order valence-corrected chi connectivity index (χ0v) is 19.5. The van der Waals surface area contributed by atoms with E-state index in [9.17, 15) is 9.59 Å². The molecule has 3 N–H and O–H groups in total. The third-order valence-electron chi connectivity index (χ3n) is 4.68. The van der Waals surface area contributed by atoms with Gasteiger partial charge in [0.15, 0.2) is 5.16 Å². The minimum Gasteiger partial charge on any atom is -0.462 e. The van der Waals surface area contributed by atoms with Gasteiger partial charge in [-0.3, -0.25) is 14.0 Å². The predicted molar refractivity (Wildman–Crippen MR) is 123 cm³/mol. The number of aryl methyl sites for hydroxylation is 1. The number of nitrogen functional groups attached to an aromatic ring is 1. The monoisotopic (exact) mass is 477 g/mol. The number of carbonyl (C=O) groups is 2. The number of nitrogens with two attached hydrogens (primary N) is 1. The molecule has 0 spiro atoms. The Hall–Kier alpha value is -3.05. The number of hydrogen-bond acceptors (Lipinski definition) is 8. The number of anilines is 2. The first-order valence-corrected chi connectivity index (χ1v) is 11.3. The molecular weight excluding hydrogens is 454 g/mol. The van der Waals surface area contributed by atoms with Crippen molar-refractivity contribution in [2.45, 2.75) is 37.2 Å². The highest BCUT2D eigenvalue weighted by Crippen LogP contribution is 2.30. The van der Waals surface area contributed by atoms with Crippen LogP contribution in [0.3, 0.4) is 0 Å². The van der Waals surface area contributed by atoms with E-state index in [0.29, 0.717) is 22.4 Å². The average Bonchev–Trinajstić information content (AvgIpc) is 3.31. The maximum Gasteiger partial charge on any atom is 0.343 e. The molecule has 1 amide bonds. The molecule has 3 aromatic rings. The van der Waals surface area contributed by atoms with Crippen molar-refractivity contribution in [2.24, 2.45) is 7.05 Å². The fourth-order valence-corrected chi connectivity index (χ4v) is 4.34. The van der Waals surface area contributed by atoms with Crippen LogP contribution in [0, 0.1) is 0 Å². The number of carbonyl (C=O) groups excluding carboxylic acids is 2. The van der Waals surface area contributed by atoms with Gasteiger partial charge in [-0.1, -0.05) is 48.5 Å². The Morgan fingerprint density at radius 1 is 1.28 bits per heavy atom. The van der Waals surface area contributed by atoms with E-state index >= 15 is 0 Å². The molecule has 2 aromatic heterocycles. The van der Waals surface area contributed by atoms with E-state index in [-0.39, 0.29) is 29.8 Å². The van der Waals surface area contributed by atoms with Gasteiger partial charge >= 0.3 is 5.97 Å². The Morgan fingerprint density at radius 3 is 2.72 bits per heavy atom. The van der Waals surface area contributed by atoms with Gasteiger partial charge in [0, 0.05) is 17.8 Å². The summed E-state index contributed by atoms with van der Waals surface area (Å²) in [5.41, 5.74) is 7.15. The molecule has 0 saturated heterocycles. The number of thioether (sulfide) groups is 1. The van der Waals surface area contributed by atoms with Gasteiger partial charge in [-0.15, -0.1) is 10.2 Å². The van der Waals surface area contributed by atoms with Gasteiger partial charge in [0.2, 0.25) is 11.9 Å². The van der Waals surface area contributed by atoms with Crippen molar-refractivity contribution in [1.82, 2.24) is 24.5 Å². The van der Waals surface area contributed by atoms with E-state index in [1.807, 2.05) is 31.2 Å². The largest absolute Gasteiger partial charge is 0.462 e. The minimum absolute atomic E-state index is 0.115. The number of rotatable bonds is 9. The van der Waals surface area contributed by atoms with Crippen molar-refractivity contribution in [2.75, 3.05) is 17.7 Å². The number of benzene rings is 1. The Bertz CT molecular complexity index is 1110. The fraction of sp³-hybridized carbons (Fsp3) is 0.350. The number of halogens is 1. The summed E-state index contributed by atoms with van der Waals surface area (Å²) in [5, 5.41) is 16.0. The normalized spacial score (nSPS) is 11.9. The topological polar surface area (TPSA) is 130 Å². The average molecular weight is 478 g/mol. The van der Waals surface area contributed by atoms with Gasteiger partial charge in [-0.05, 0) is 25.0 Å². The first kappa shape index (κ1) is 23.6. The van der Waals surface area contributed by atoms with Crippen molar-refractivity contribution in [3.05, 3.63) is 46.6 Å². The highest BCUT2D eigenvalue weighted by atomic mass is 35.5. The second-order valence-electron chi connectivity index (χ2n) is 6.76. The van der Waals surface area contributed by atoms with Crippen LogP contribution in [-0.4, -0.2) is 43.0 Å². The molecule has 12 heteroatoms. The number of hydrogen-bond donors (Lipinski definition) is 2. The van der Waals surface area contributed by atoms with Gasteiger partial charge in [-0.25, -0.2) is 4.79 Å². The first-order valence-electron chi connectivity index (χ1n) is 9.93. The Kier molecular flexibility index (Phi) is 7.75. The summed E-state index contributed by atoms with van der Waals surface area (Å²) >= 11 is 7.62. The van der Waals surface area contributed by atoms with Crippen LogP contribution in [0.15, 0.2) is 35.6 Å². The van der Waals surface area contributed by atoms with Crippen molar-refractivity contribution < 1.29 is 14.3 Å². The zero-order valence-electron chi connectivity index (χ0n) is 17.9. The molecule has 0 saturated carbocycles. The van der Waals surface area contributed by atoms with Crippen LogP contribution in [0.4, 0.5) is 11.8 Å². The summed E-state index contributed by atoms with van der Waals surface area (Å²) in [4.78, 5) is 25.4. The van der Waals surface area contributed by atoms with Gasteiger partial charge in [0.05, 0.1) is 12.8 Å². The van der Waals surface area contributed by atoms with Crippen LogP contribution < -0.4 is 11.1 Å². The van der Waals surface area contributed by atoms with E-state index in [1.54, 1.807) is 18.5 Å². The zero-order chi connectivity index (χ0) is 23.3. The van der Waals surface area contributed by atoms with Gasteiger partial charge < -0.3 is 15.8 Å². The molecule has 0 aliphatic heterocycles. The summed E-state index contributed by atoms with van der Waals surface area (Å²) in [5.74, 6) is -0.0606. The number of amides is 1. The number of aromatic nitrogens is 5. The fourth-order valence-electron chi connectivity index (χ4n) is 3.07. The maximum atomic E-state index is 13.2. The lowest BCUT2D eigenvalue weighted by Gasteiger charge is -2.19. The van der Waals surface area contributed by atoms with Crippen LogP contribution in [-0.2, 0) is 22.3 Å². The minimum atomic E-state index is -0.705. The smallest absolute Gasteiger partial charge is 0.343 e. The number of nitrogens with one attached hydrogen (secondary N) is 1. The van der Waals surface area contributed by atoms with E-state index in [0.717, 1.165) is 5.56 Å². The maximum absolute atomic E-state index is 13.2. The third kappa shape index (κ3) is 5.05. The van der Waals surface area contributed by atoms with E-state index in [1.165, 1.54) is 22.6 Å².